The van der Waals surface area contributed by atoms with Crippen LogP contribution in [0.15, 0.2) is 0 Å². The molecule has 0 aliphatic heterocycles. The van der Waals surface area contributed by atoms with Crippen LogP contribution in [-0.2, 0) is 14.2 Å². The van der Waals surface area contributed by atoms with Crippen LogP contribution >= 0.6 is 0 Å². The quantitative estimate of drug-likeness (QED) is 0.569. The molecule has 0 N–H and O–H groups in total. The van der Waals surface area contributed by atoms with Gasteiger partial charge in [0, 0.05) is 5.41 Å². The van der Waals surface area contributed by atoms with Gasteiger partial charge in [-0.25, -0.2) is 0 Å². The highest BCUT2D eigenvalue weighted by Crippen LogP contribution is 2.21. The molecule has 0 fully saturated rings. The van der Waals surface area contributed by atoms with Crippen LogP contribution in [-0.4, -0.2) is 38.1 Å². The fourth-order valence-electron chi connectivity index (χ4n) is 1.69. The molecule has 0 spiro atoms. The third-order valence-electron chi connectivity index (χ3n) is 2.94. The van der Waals surface area contributed by atoms with Gasteiger partial charge in [0.15, 0.2) is 0 Å². The maximum absolute atomic E-state index is 5.95. The summed E-state index contributed by atoms with van der Waals surface area (Å²) in [6.45, 7) is 16.8. The number of rotatable bonds is 11. The van der Waals surface area contributed by atoms with Crippen molar-refractivity contribution in [3.8, 4) is 0 Å². The summed E-state index contributed by atoms with van der Waals surface area (Å²) in [4.78, 5) is 0. The highest BCUT2D eigenvalue weighted by Gasteiger charge is 2.27. The van der Waals surface area contributed by atoms with Crippen molar-refractivity contribution in [2.75, 3.05) is 19.8 Å². The Labute approximate surface area is 120 Å². The molecule has 0 aliphatic carbocycles. The van der Waals surface area contributed by atoms with Gasteiger partial charge >= 0.3 is 0 Å². The van der Waals surface area contributed by atoms with E-state index in [2.05, 4.69) is 48.5 Å². The van der Waals surface area contributed by atoms with Gasteiger partial charge < -0.3 is 14.2 Å². The summed E-state index contributed by atoms with van der Waals surface area (Å²) in [6.07, 6.45) is 3.05. The average Bonchev–Trinajstić information content (AvgIpc) is 2.32. The van der Waals surface area contributed by atoms with E-state index in [-0.39, 0.29) is 17.6 Å². The lowest BCUT2D eigenvalue weighted by atomic mass is 9.94. The highest BCUT2D eigenvalue weighted by molar-refractivity contribution is 4.75. The Kier molecular flexibility index (Phi) is 9.67. The normalized spacial score (nSPS) is 14.4. The molecule has 1 atom stereocenters. The summed E-state index contributed by atoms with van der Waals surface area (Å²) < 4.78 is 17.5. The zero-order valence-electron chi connectivity index (χ0n) is 14.0. The number of ether oxygens (including phenoxy) is 3. The molecule has 0 amide bonds. The Balaban J connectivity index is 4.29. The Morgan fingerprint density at radius 1 is 0.789 bits per heavy atom. The molecule has 3 nitrogen and oxygen atoms in total. The van der Waals surface area contributed by atoms with Crippen LogP contribution in [0.3, 0.4) is 0 Å². The van der Waals surface area contributed by atoms with Gasteiger partial charge in [-0.05, 0) is 41.0 Å². The second-order valence-electron chi connectivity index (χ2n) is 6.44. The molecular weight excluding hydrogens is 240 g/mol. The molecule has 0 aromatic carbocycles. The zero-order chi connectivity index (χ0) is 14.9. The maximum atomic E-state index is 5.95. The molecule has 0 rings (SSSR count). The molecule has 0 saturated carbocycles. The van der Waals surface area contributed by atoms with E-state index in [0.29, 0.717) is 25.9 Å². The minimum Gasteiger partial charge on any atom is -0.378 e. The molecule has 0 saturated heterocycles. The second-order valence-corrected chi connectivity index (χ2v) is 6.44. The molecule has 0 aromatic rings. The van der Waals surface area contributed by atoms with Crippen molar-refractivity contribution < 1.29 is 14.2 Å². The van der Waals surface area contributed by atoms with E-state index in [1.54, 1.807) is 0 Å². The molecule has 0 aromatic heterocycles. The molecule has 0 aliphatic rings. The molecule has 0 unspecified atom stereocenters. The Hall–Kier alpha value is -0.120. The first-order chi connectivity index (χ1) is 8.79. The van der Waals surface area contributed by atoms with Crippen molar-refractivity contribution in [3.05, 3.63) is 0 Å². The average molecular weight is 274 g/mol. The lowest BCUT2D eigenvalue weighted by molar-refractivity contribution is -0.0955. The first kappa shape index (κ1) is 18.9. The summed E-state index contributed by atoms with van der Waals surface area (Å²) in [5.41, 5.74) is -0.0729. The Morgan fingerprint density at radius 2 is 1.21 bits per heavy atom. The largest absolute Gasteiger partial charge is 0.378 e. The standard InChI is InChI=1S/C16H34O3/c1-8-9-15(6)19-12-16(7,10-17-13(2)3)11-18-14(4)5/h13-15H,8-12H2,1-7H3/t15-/m1/s1. The maximum Gasteiger partial charge on any atom is 0.0567 e. The van der Waals surface area contributed by atoms with Gasteiger partial charge in [0.05, 0.1) is 38.1 Å². The van der Waals surface area contributed by atoms with Gasteiger partial charge in [0.25, 0.3) is 0 Å². The van der Waals surface area contributed by atoms with E-state index in [9.17, 15) is 0 Å². The monoisotopic (exact) mass is 274 g/mol. The van der Waals surface area contributed by atoms with E-state index in [0.717, 1.165) is 12.8 Å². The van der Waals surface area contributed by atoms with Crippen LogP contribution in [0.1, 0.15) is 61.3 Å². The summed E-state index contributed by atoms with van der Waals surface area (Å²) in [7, 11) is 0. The van der Waals surface area contributed by atoms with Crippen LogP contribution < -0.4 is 0 Å². The second kappa shape index (κ2) is 9.73. The first-order valence-corrected chi connectivity index (χ1v) is 7.64. The highest BCUT2D eigenvalue weighted by atomic mass is 16.5. The third kappa shape index (κ3) is 10.3. The van der Waals surface area contributed by atoms with Crippen LogP contribution in [0, 0.1) is 5.41 Å². The van der Waals surface area contributed by atoms with Crippen LogP contribution in [0.2, 0.25) is 0 Å². The van der Waals surface area contributed by atoms with Crippen molar-refractivity contribution in [1.82, 2.24) is 0 Å². The van der Waals surface area contributed by atoms with Gasteiger partial charge in [-0.1, -0.05) is 20.3 Å². The summed E-state index contributed by atoms with van der Waals surface area (Å²) in [6, 6.07) is 0. The smallest absolute Gasteiger partial charge is 0.0567 e. The van der Waals surface area contributed by atoms with Crippen molar-refractivity contribution in [2.24, 2.45) is 5.41 Å². The van der Waals surface area contributed by atoms with E-state index in [1.165, 1.54) is 0 Å². The van der Waals surface area contributed by atoms with Gasteiger partial charge in [-0.15, -0.1) is 0 Å². The predicted octanol–water partition coefficient (Wildman–Crippen LogP) is 4.05. The molecule has 3 heteroatoms. The fraction of sp³-hybridized carbons (Fsp3) is 1.00. The first-order valence-electron chi connectivity index (χ1n) is 7.64. The third-order valence-corrected chi connectivity index (χ3v) is 2.94. The number of hydrogen-bond acceptors (Lipinski definition) is 3. The van der Waals surface area contributed by atoms with E-state index in [4.69, 9.17) is 14.2 Å². The molecular formula is C16H34O3. The lowest BCUT2D eigenvalue weighted by Gasteiger charge is -2.31. The molecule has 0 bridgehead atoms. The topological polar surface area (TPSA) is 27.7 Å². The van der Waals surface area contributed by atoms with Gasteiger partial charge in [-0.3, -0.25) is 0 Å². The van der Waals surface area contributed by atoms with Crippen molar-refractivity contribution in [2.45, 2.75) is 79.6 Å². The SMILES string of the molecule is CCC[C@@H](C)OCC(C)(COC(C)C)COC(C)C. The van der Waals surface area contributed by atoms with Crippen LogP contribution in [0.5, 0.6) is 0 Å². The summed E-state index contributed by atoms with van der Waals surface area (Å²) >= 11 is 0. The van der Waals surface area contributed by atoms with E-state index >= 15 is 0 Å². The molecule has 0 heterocycles. The molecule has 116 valence electrons. The summed E-state index contributed by atoms with van der Waals surface area (Å²) in [5, 5.41) is 0. The van der Waals surface area contributed by atoms with Gasteiger partial charge in [0.1, 0.15) is 0 Å². The zero-order valence-corrected chi connectivity index (χ0v) is 14.0. The van der Waals surface area contributed by atoms with Crippen LogP contribution in [0.25, 0.3) is 0 Å². The van der Waals surface area contributed by atoms with Crippen molar-refractivity contribution >= 4 is 0 Å². The molecule has 19 heavy (non-hydrogen) atoms. The minimum absolute atomic E-state index is 0.0729. The summed E-state index contributed by atoms with van der Waals surface area (Å²) in [5.74, 6) is 0. The van der Waals surface area contributed by atoms with Crippen molar-refractivity contribution in [1.29, 1.82) is 0 Å². The van der Waals surface area contributed by atoms with E-state index < -0.39 is 0 Å². The predicted molar refractivity (Wildman–Crippen MR) is 80.6 cm³/mol. The Bertz CT molecular complexity index is 202. The number of hydrogen-bond donors (Lipinski definition) is 0. The molecule has 0 radical (unpaired) electrons. The van der Waals surface area contributed by atoms with Gasteiger partial charge in [0.2, 0.25) is 0 Å². The van der Waals surface area contributed by atoms with Gasteiger partial charge in [-0.2, -0.15) is 0 Å². The van der Waals surface area contributed by atoms with Crippen molar-refractivity contribution in [3.63, 3.8) is 0 Å². The lowest BCUT2D eigenvalue weighted by Crippen LogP contribution is -2.37. The minimum atomic E-state index is -0.0729. The Morgan fingerprint density at radius 3 is 1.58 bits per heavy atom. The van der Waals surface area contributed by atoms with Crippen LogP contribution in [0.4, 0.5) is 0 Å². The fourth-order valence-corrected chi connectivity index (χ4v) is 1.69. The van der Waals surface area contributed by atoms with E-state index in [1.807, 2.05) is 0 Å².